The van der Waals surface area contributed by atoms with Crippen LogP contribution in [-0.4, -0.2) is 4.98 Å². The first kappa shape index (κ1) is 13.7. The molecule has 0 fully saturated rings. The molecule has 3 N–H and O–H groups in total. The summed E-state index contributed by atoms with van der Waals surface area (Å²) in [6.45, 7) is 4.04. The van der Waals surface area contributed by atoms with Gasteiger partial charge >= 0.3 is 0 Å². The molecule has 0 amide bonds. The highest BCUT2D eigenvalue weighted by Gasteiger charge is 2.07. The summed E-state index contributed by atoms with van der Waals surface area (Å²) < 4.78 is 0. The molecule has 3 nitrogen and oxygen atoms in total. The molecular formula is C17H16ClN3. The van der Waals surface area contributed by atoms with E-state index in [0.717, 1.165) is 44.1 Å². The van der Waals surface area contributed by atoms with Crippen LogP contribution in [-0.2, 0) is 0 Å². The van der Waals surface area contributed by atoms with E-state index in [4.69, 9.17) is 17.3 Å². The van der Waals surface area contributed by atoms with Crippen molar-refractivity contribution < 1.29 is 0 Å². The first-order chi connectivity index (χ1) is 10.0. The summed E-state index contributed by atoms with van der Waals surface area (Å²) in [6, 6.07) is 11.7. The summed E-state index contributed by atoms with van der Waals surface area (Å²) in [4.78, 5) is 4.45. The van der Waals surface area contributed by atoms with Crippen molar-refractivity contribution in [1.29, 1.82) is 0 Å². The number of hydrogen-bond donors (Lipinski definition) is 2. The monoisotopic (exact) mass is 297 g/mol. The molecule has 0 aliphatic heterocycles. The van der Waals surface area contributed by atoms with E-state index in [2.05, 4.69) is 16.4 Å². The maximum atomic E-state index is 6.10. The van der Waals surface area contributed by atoms with Crippen LogP contribution in [0.5, 0.6) is 0 Å². The third-order valence-corrected chi connectivity index (χ3v) is 3.73. The second kappa shape index (κ2) is 5.26. The fraction of sp³-hybridized carbons (Fsp3) is 0.118. The van der Waals surface area contributed by atoms with Crippen LogP contribution in [0.1, 0.15) is 11.1 Å². The highest BCUT2D eigenvalue weighted by atomic mass is 35.5. The molecule has 0 unspecified atom stereocenters. The molecule has 0 saturated heterocycles. The van der Waals surface area contributed by atoms with Gasteiger partial charge in [-0.1, -0.05) is 11.6 Å². The van der Waals surface area contributed by atoms with Gasteiger partial charge in [-0.05, 0) is 61.4 Å². The van der Waals surface area contributed by atoms with Crippen molar-refractivity contribution in [2.45, 2.75) is 13.8 Å². The fourth-order valence-electron chi connectivity index (χ4n) is 2.46. The second-order valence-electron chi connectivity index (χ2n) is 5.19. The summed E-state index contributed by atoms with van der Waals surface area (Å²) in [5.41, 5.74) is 10.0. The fourth-order valence-corrected chi connectivity index (χ4v) is 2.68. The lowest BCUT2D eigenvalue weighted by molar-refractivity contribution is 1.32. The van der Waals surface area contributed by atoms with Crippen molar-refractivity contribution in [1.82, 2.24) is 4.98 Å². The number of nitrogens with one attached hydrogen (secondary N) is 1. The van der Waals surface area contributed by atoms with Crippen molar-refractivity contribution in [3.8, 4) is 0 Å². The minimum Gasteiger partial charge on any atom is -0.398 e. The Morgan fingerprint density at radius 2 is 1.86 bits per heavy atom. The Labute approximate surface area is 128 Å². The zero-order valence-electron chi connectivity index (χ0n) is 11.9. The normalized spacial score (nSPS) is 10.8. The molecular weight excluding hydrogens is 282 g/mol. The summed E-state index contributed by atoms with van der Waals surface area (Å²) in [5, 5.41) is 6.12. The van der Waals surface area contributed by atoms with Gasteiger partial charge in [0.1, 0.15) is 5.82 Å². The maximum Gasteiger partial charge on any atom is 0.138 e. The van der Waals surface area contributed by atoms with Gasteiger partial charge < -0.3 is 11.1 Å². The van der Waals surface area contributed by atoms with E-state index in [1.54, 1.807) is 6.20 Å². The lowest BCUT2D eigenvalue weighted by atomic mass is 10.1. The number of fused-ring (bicyclic) bond motifs is 1. The van der Waals surface area contributed by atoms with Crippen LogP contribution < -0.4 is 11.1 Å². The Balaban J connectivity index is 2.12. The zero-order valence-corrected chi connectivity index (χ0v) is 12.7. The van der Waals surface area contributed by atoms with E-state index >= 15 is 0 Å². The van der Waals surface area contributed by atoms with Crippen LogP contribution in [0.25, 0.3) is 10.8 Å². The average Bonchev–Trinajstić information content (AvgIpc) is 2.42. The van der Waals surface area contributed by atoms with Crippen molar-refractivity contribution in [3.05, 3.63) is 58.7 Å². The number of nitrogens with two attached hydrogens (primary N) is 1. The number of nitrogen functional groups attached to an aromatic ring is 1. The molecule has 0 aliphatic carbocycles. The predicted octanol–water partition coefficient (Wildman–Crippen LogP) is 4.83. The molecule has 1 heterocycles. The predicted molar refractivity (Wildman–Crippen MR) is 90.4 cm³/mol. The largest absolute Gasteiger partial charge is 0.398 e. The molecule has 106 valence electrons. The lowest BCUT2D eigenvalue weighted by Gasteiger charge is -2.13. The van der Waals surface area contributed by atoms with E-state index < -0.39 is 0 Å². The Morgan fingerprint density at radius 3 is 2.62 bits per heavy atom. The minimum atomic E-state index is 0.726. The van der Waals surface area contributed by atoms with Gasteiger partial charge in [-0.25, -0.2) is 4.98 Å². The third kappa shape index (κ3) is 2.65. The topological polar surface area (TPSA) is 50.9 Å². The van der Waals surface area contributed by atoms with Gasteiger partial charge in [0, 0.05) is 33.4 Å². The van der Waals surface area contributed by atoms with Gasteiger partial charge in [-0.15, -0.1) is 0 Å². The van der Waals surface area contributed by atoms with E-state index in [1.807, 2.05) is 44.2 Å². The lowest BCUT2D eigenvalue weighted by Crippen LogP contribution is -1.98. The SMILES string of the molecule is Cc1cc(N)c2ccnc(Nc3ccc(Cl)cc3C)c2c1. The van der Waals surface area contributed by atoms with Gasteiger partial charge in [0.05, 0.1) is 0 Å². The van der Waals surface area contributed by atoms with Crippen molar-refractivity contribution in [2.24, 2.45) is 0 Å². The van der Waals surface area contributed by atoms with Gasteiger partial charge in [-0.3, -0.25) is 0 Å². The van der Waals surface area contributed by atoms with Gasteiger partial charge in [-0.2, -0.15) is 0 Å². The van der Waals surface area contributed by atoms with E-state index in [-0.39, 0.29) is 0 Å². The Hall–Kier alpha value is -2.26. The number of nitrogens with zero attached hydrogens (tertiary/aromatic N) is 1. The minimum absolute atomic E-state index is 0.726. The molecule has 2 aromatic carbocycles. The smallest absolute Gasteiger partial charge is 0.138 e. The zero-order chi connectivity index (χ0) is 15.0. The Morgan fingerprint density at radius 1 is 1.05 bits per heavy atom. The van der Waals surface area contributed by atoms with Crippen LogP contribution in [0.3, 0.4) is 0 Å². The summed E-state index contributed by atoms with van der Waals surface area (Å²) in [7, 11) is 0. The molecule has 1 aromatic heterocycles. The number of pyridine rings is 1. The summed E-state index contributed by atoms with van der Waals surface area (Å²) in [6.07, 6.45) is 1.77. The van der Waals surface area contributed by atoms with Crippen LogP contribution in [0, 0.1) is 13.8 Å². The molecule has 21 heavy (non-hydrogen) atoms. The van der Waals surface area contributed by atoms with Crippen molar-refractivity contribution in [3.63, 3.8) is 0 Å². The molecule has 4 heteroatoms. The highest BCUT2D eigenvalue weighted by Crippen LogP contribution is 2.30. The third-order valence-electron chi connectivity index (χ3n) is 3.50. The van der Waals surface area contributed by atoms with Crippen LogP contribution in [0.2, 0.25) is 5.02 Å². The summed E-state index contributed by atoms with van der Waals surface area (Å²) in [5.74, 6) is 0.799. The van der Waals surface area contributed by atoms with Crippen LogP contribution in [0.4, 0.5) is 17.2 Å². The number of anilines is 3. The number of benzene rings is 2. The number of aryl methyl sites for hydroxylation is 2. The summed E-state index contributed by atoms with van der Waals surface area (Å²) >= 11 is 6.00. The number of rotatable bonds is 2. The standard InChI is InChI=1S/C17H16ClN3/c1-10-7-14-13(15(19)8-10)5-6-20-17(14)21-16-4-3-12(18)9-11(16)2/h3-9H,19H2,1-2H3,(H,20,21). The van der Waals surface area contributed by atoms with Crippen molar-refractivity contribution >= 4 is 39.6 Å². The molecule has 0 radical (unpaired) electrons. The van der Waals surface area contributed by atoms with Gasteiger partial charge in [0.2, 0.25) is 0 Å². The van der Waals surface area contributed by atoms with Crippen LogP contribution >= 0.6 is 11.6 Å². The molecule has 0 saturated carbocycles. The molecule has 0 aliphatic rings. The van der Waals surface area contributed by atoms with Crippen molar-refractivity contribution in [2.75, 3.05) is 11.1 Å². The quantitative estimate of drug-likeness (QED) is 0.666. The number of aromatic nitrogens is 1. The average molecular weight is 298 g/mol. The Kier molecular flexibility index (Phi) is 3.43. The number of hydrogen-bond acceptors (Lipinski definition) is 3. The molecule has 3 rings (SSSR count). The molecule has 3 aromatic rings. The van der Waals surface area contributed by atoms with E-state index in [9.17, 15) is 0 Å². The highest BCUT2D eigenvalue weighted by molar-refractivity contribution is 6.30. The van der Waals surface area contributed by atoms with E-state index in [0.29, 0.717) is 0 Å². The first-order valence-corrected chi connectivity index (χ1v) is 7.10. The van der Waals surface area contributed by atoms with Crippen LogP contribution in [0.15, 0.2) is 42.6 Å². The maximum absolute atomic E-state index is 6.10. The number of halogens is 1. The second-order valence-corrected chi connectivity index (χ2v) is 5.63. The Bertz CT molecular complexity index is 828. The van der Waals surface area contributed by atoms with E-state index in [1.165, 1.54) is 0 Å². The molecule has 0 atom stereocenters. The molecule has 0 spiro atoms. The van der Waals surface area contributed by atoms with Gasteiger partial charge in [0.25, 0.3) is 0 Å². The first-order valence-electron chi connectivity index (χ1n) is 6.72. The van der Waals surface area contributed by atoms with Gasteiger partial charge in [0.15, 0.2) is 0 Å². The molecule has 0 bridgehead atoms.